The van der Waals surface area contributed by atoms with Crippen molar-refractivity contribution in [2.75, 3.05) is 4.90 Å². The van der Waals surface area contributed by atoms with Gasteiger partial charge in [0.1, 0.15) is 11.1 Å². The third-order valence-electron chi connectivity index (χ3n) is 8.69. The van der Waals surface area contributed by atoms with Crippen LogP contribution < -0.4 is 4.90 Å². The van der Waals surface area contributed by atoms with Gasteiger partial charge in [-0.15, -0.1) is 0 Å². The first-order valence-corrected chi connectivity index (χ1v) is 15.7. The molecule has 0 spiro atoms. The van der Waals surface area contributed by atoms with Gasteiger partial charge in [0.2, 0.25) is 5.89 Å². The summed E-state index contributed by atoms with van der Waals surface area (Å²) < 4.78 is 12.9. The molecule has 2 heterocycles. The Morgan fingerprint density at radius 3 is 1.72 bits per heavy atom. The summed E-state index contributed by atoms with van der Waals surface area (Å²) in [7, 11) is 0. The van der Waals surface area contributed by atoms with Gasteiger partial charge >= 0.3 is 0 Å². The van der Waals surface area contributed by atoms with Crippen LogP contribution in [0.2, 0.25) is 0 Å². The van der Waals surface area contributed by atoms with E-state index in [2.05, 4.69) is 120 Å². The third-order valence-corrected chi connectivity index (χ3v) is 8.69. The van der Waals surface area contributed by atoms with E-state index in [4.69, 9.17) is 13.8 Å². The molecule has 0 amide bonds. The van der Waals surface area contributed by atoms with Gasteiger partial charge in [-0.1, -0.05) is 109 Å². The molecule has 0 saturated heterocycles. The summed E-state index contributed by atoms with van der Waals surface area (Å²) in [6.07, 6.45) is 0. The molecule has 4 nitrogen and oxygen atoms in total. The van der Waals surface area contributed by atoms with E-state index < -0.39 is 0 Å². The zero-order valence-corrected chi connectivity index (χ0v) is 25.4. The maximum atomic E-state index is 6.66. The third kappa shape index (κ3) is 4.84. The molecule has 0 aliphatic carbocycles. The monoisotopic (exact) mass is 604 g/mol. The highest BCUT2D eigenvalue weighted by Crippen LogP contribution is 2.43. The van der Waals surface area contributed by atoms with Crippen LogP contribution in [0.5, 0.6) is 0 Å². The van der Waals surface area contributed by atoms with Crippen LogP contribution in [0.4, 0.5) is 17.1 Å². The fourth-order valence-electron chi connectivity index (χ4n) is 6.40. The zero-order valence-electron chi connectivity index (χ0n) is 25.4. The van der Waals surface area contributed by atoms with E-state index in [9.17, 15) is 0 Å². The van der Waals surface area contributed by atoms with Gasteiger partial charge in [0.15, 0.2) is 11.2 Å². The fourth-order valence-corrected chi connectivity index (χ4v) is 6.40. The number of oxazole rings is 1. The molecule has 0 aliphatic heterocycles. The molecule has 4 heteroatoms. The van der Waals surface area contributed by atoms with Crippen LogP contribution in [-0.4, -0.2) is 4.98 Å². The summed E-state index contributed by atoms with van der Waals surface area (Å²) in [6, 6.07) is 58.7. The number of para-hydroxylation sites is 2. The largest absolute Gasteiger partial charge is 0.454 e. The number of aromatic nitrogens is 1. The Morgan fingerprint density at radius 1 is 0.404 bits per heavy atom. The van der Waals surface area contributed by atoms with Gasteiger partial charge in [0.05, 0.1) is 5.69 Å². The van der Waals surface area contributed by atoms with Gasteiger partial charge < -0.3 is 13.7 Å². The van der Waals surface area contributed by atoms with Crippen LogP contribution in [0.15, 0.2) is 179 Å². The first-order chi connectivity index (χ1) is 23.3. The zero-order chi connectivity index (χ0) is 31.2. The summed E-state index contributed by atoms with van der Waals surface area (Å²) in [5.41, 5.74) is 11.8. The number of hydrogen-bond acceptors (Lipinski definition) is 4. The van der Waals surface area contributed by atoms with Crippen molar-refractivity contribution >= 4 is 50.1 Å². The molecule has 0 saturated carbocycles. The van der Waals surface area contributed by atoms with Crippen LogP contribution in [-0.2, 0) is 0 Å². The lowest BCUT2D eigenvalue weighted by Gasteiger charge is -2.25. The topological polar surface area (TPSA) is 42.4 Å². The Hall–Kier alpha value is -6.39. The smallest absolute Gasteiger partial charge is 0.227 e. The van der Waals surface area contributed by atoms with Crippen LogP contribution in [0.3, 0.4) is 0 Å². The molecule has 47 heavy (non-hydrogen) atoms. The van der Waals surface area contributed by atoms with Gasteiger partial charge in [-0.25, -0.2) is 4.98 Å². The van der Waals surface area contributed by atoms with Crippen molar-refractivity contribution in [3.63, 3.8) is 0 Å². The van der Waals surface area contributed by atoms with Crippen molar-refractivity contribution in [3.05, 3.63) is 170 Å². The van der Waals surface area contributed by atoms with E-state index in [1.165, 1.54) is 16.7 Å². The molecule has 0 bridgehead atoms. The number of rotatable bonds is 6. The maximum absolute atomic E-state index is 6.66. The normalized spacial score (nSPS) is 11.4. The Balaban J connectivity index is 1.14. The molecule has 222 valence electrons. The fraction of sp³-hybridized carbons (Fsp3) is 0. The minimum Gasteiger partial charge on any atom is -0.454 e. The first kappa shape index (κ1) is 27.0. The van der Waals surface area contributed by atoms with Crippen LogP contribution in [0.1, 0.15) is 0 Å². The molecule has 0 unspecified atom stereocenters. The minimum absolute atomic E-state index is 0.601. The lowest BCUT2D eigenvalue weighted by molar-refractivity contribution is 0.620. The van der Waals surface area contributed by atoms with Crippen LogP contribution in [0, 0.1) is 0 Å². The second-order valence-electron chi connectivity index (χ2n) is 11.6. The van der Waals surface area contributed by atoms with E-state index in [0.717, 1.165) is 61.2 Å². The average molecular weight is 605 g/mol. The molecule has 9 rings (SSSR count). The highest BCUT2D eigenvalue weighted by molar-refractivity contribution is 6.13. The molecule has 0 N–H and O–H groups in total. The summed E-state index contributed by atoms with van der Waals surface area (Å²) in [6.45, 7) is 0. The maximum Gasteiger partial charge on any atom is 0.227 e. The number of furan rings is 1. The Morgan fingerprint density at radius 2 is 1.00 bits per heavy atom. The summed E-state index contributed by atoms with van der Waals surface area (Å²) in [4.78, 5) is 7.03. The number of fused-ring (bicyclic) bond motifs is 4. The second-order valence-corrected chi connectivity index (χ2v) is 11.6. The highest BCUT2D eigenvalue weighted by Gasteiger charge is 2.20. The molecule has 0 radical (unpaired) electrons. The average Bonchev–Trinajstić information content (AvgIpc) is 3.73. The van der Waals surface area contributed by atoms with Crippen molar-refractivity contribution in [3.8, 4) is 33.7 Å². The number of anilines is 3. The van der Waals surface area contributed by atoms with Crippen LogP contribution in [0.25, 0.3) is 66.7 Å². The summed E-state index contributed by atoms with van der Waals surface area (Å²) >= 11 is 0. The minimum atomic E-state index is 0.601. The molecular formula is C43H28N2O2. The van der Waals surface area contributed by atoms with E-state index >= 15 is 0 Å². The predicted octanol–water partition coefficient (Wildman–Crippen LogP) is 12.2. The number of benzene rings is 7. The summed E-state index contributed by atoms with van der Waals surface area (Å²) in [5, 5.41) is 2.01. The second kappa shape index (κ2) is 11.2. The van der Waals surface area contributed by atoms with Crippen molar-refractivity contribution < 1.29 is 8.83 Å². The lowest BCUT2D eigenvalue weighted by Crippen LogP contribution is -2.10. The highest BCUT2D eigenvalue weighted by atomic mass is 16.4. The van der Waals surface area contributed by atoms with Gasteiger partial charge in [-0.05, 0) is 76.9 Å². The Kier molecular flexibility index (Phi) is 6.43. The van der Waals surface area contributed by atoms with E-state index in [1.807, 2.05) is 54.6 Å². The van der Waals surface area contributed by atoms with E-state index in [0.29, 0.717) is 5.89 Å². The lowest BCUT2D eigenvalue weighted by atomic mass is 9.99. The van der Waals surface area contributed by atoms with Gasteiger partial charge in [-0.2, -0.15) is 0 Å². The van der Waals surface area contributed by atoms with Gasteiger partial charge in [-0.3, -0.25) is 0 Å². The molecule has 7 aromatic carbocycles. The van der Waals surface area contributed by atoms with Crippen molar-refractivity contribution in [2.24, 2.45) is 0 Å². The van der Waals surface area contributed by atoms with E-state index in [1.54, 1.807) is 0 Å². The van der Waals surface area contributed by atoms with Crippen molar-refractivity contribution in [2.45, 2.75) is 0 Å². The SMILES string of the molecule is c1ccc(-c2cccc(-c3ccc(N(c4ccccc4)c4cccc5c4oc4cc6nc(-c7ccccc7)oc6cc45)cc3)c2)cc1. The molecule has 2 aromatic heterocycles. The Labute approximate surface area is 271 Å². The van der Waals surface area contributed by atoms with Gasteiger partial charge in [0, 0.05) is 33.8 Å². The predicted molar refractivity (Wildman–Crippen MR) is 192 cm³/mol. The first-order valence-electron chi connectivity index (χ1n) is 15.7. The molecule has 0 fully saturated rings. The van der Waals surface area contributed by atoms with Gasteiger partial charge in [0.25, 0.3) is 0 Å². The quantitative estimate of drug-likeness (QED) is 0.189. The molecule has 0 aliphatic rings. The summed E-state index contributed by atoms with van der Waals surface area (Å²) in [5.74, 6) is 0.601. The van der Waals surface area contributed by atoms with Crippen molar-refractivity contribution in [1.29, 1.82) is 0 Å². The Bertz CT molecular complexity index is 2500. The van der Waals surface area contributed by atoms with Crippen molar-refractivity contribution in [1.82, 2.24) is 4.98 Å². The molecule has 0 atom stereocenters. The molecular weight excluding hydrogens is 576 g/mol. The molecule has 9 aromatic rings. The number of hydrogen-bond donors (Lipinski definition) is 0. The van der Waals surface area contributed by atoms with Crippen LogP contribution >= 0.6 is 0 Å². The van der Waals surface area contributed by atoms with E-state index in [-0.39, 0.29) is 0 Å². The number of nitrogens with zero attached hydrogens (tertiary/aromatic N) is 2. The standard InChI is InChI=1S/C43H28N2O2/c1-4-12-29(13-5-1)32-16-10-17-33(26-32)30-22-24-35(25-23-30)45(34-18-8-3-9-19-34)39-21-11-20-36-37-27-41-38(28-40(37)46-42(36)39)44-43(47-41)31-14-6-2-7-15-31/h1-28H.